The summed E-state index contributed by atoms with van der Waals surface area (Å²) in [6.45, 7) is 4.47. The Labute approximate surface area is 129 Å². The van der Waals surface area contributed by atoms with Gasteiger partial charge in [0.1, 0.15) is 0 Å². The van der Waals surface area contributed by atoms with Crippen molar-refractivity contribution in [2.24, 2.45) is 0 Å². The quantitative estimate of drug-likeness (QED) is 0.615. The molecule has 0 amide bonds. The summed E-state index contributed by atoms with van der Waals surface area (Å²) in [7, 11) is 0. The van der Waals surface area contributed by atoms with Gasteiger partial charge in [-0.15, -0.1) is 0 Å². The summed E-state index contributed by atoms with van der Waals surface area (Å²) in [5.41, 5.74) is 5.18. The van der Waals surface area contributed by atoms with E-state index in [4.69, 9.17) is 0 Å². The average molecular weight is 281 g/mol. The van der Waals surface area contributed by atoms with E-state index in [1.54, 1.807) is 0 Å². The Kier molecular flexibility index (Phi) is 6.33. The molecule has 0 saturated heterocycles. The van der Waals surface area contributed by atoms with Crippen LogP contribution in [0.25, 0.3) is 0 Å². The van der Waals surface area contributed by atoms with E-state index in [0.717, 1.165) is 11.4 Å². The largest absolute Gasteiger partial charge is 0.356 e. The number of nitrogens with one attached hydrogen (secondary N) is 1. The Bertz CT molecular complexity index is 461. The zero-order valence-corrected chi connectivity index (χ0v) is 13.4. The van der Waals surface area contributed by atoms with Gasteiger partial charge >= 0.3 is 0 Å². The van der Waals surface area contributed by atoms with Crippen LogP contribution in [0.5, 0.6) is 0 Å². The fraction of sp³-hybridized carbons (Fsp3) is 0.400. The van der Waals surface area contributed by atoms with Gasteiger partial charge in [-0.1, -0.05) is 51.0 Å². The van der Waals surface area contributed by atoms with Gasteiger partial charge in [-0.2, -0.15) is 0 Å². The predicted octanol–water partition coefficient (Wildman–Crippen LogP) is 6.12. The zero-order valence-electron chi connectivity index (χ0n) is 13.4. The minimum absolute atomic E-state index is 1.16. The molecule has 0 unspecified atom stereocenters. The highest BCUT2D eigenvalue weighted by Crippen LogP contribution is 2.19. The smallest absolute Gasteiger partial charge is 0.0384 e. The summed E-state index contributed by atoms with van der Waals surface area (Å²) < 4.78 is 0. The summed E-state index contributed by atoms with van der Waals surface area (Å²) in [5, 5.41) is 3.47. The fourth-order valence-electron chi connectivity index (χ4n) is 2.44. The zero-order chi connectivity index (χ0) is 14.9. The number of aryl methyl sites for hydroxylation is 2. The first-order valence-corrected chi connectivity index (χ1v) is 8.26. The lowest BCUT2D eigenvalue weighted by atomic mass is 10.1. The van der Waals surface area contributed by atoms with Crippen molar-refractivity contribution in [3.05, 3.63) is 59.7 Å². The number of rotatable bonds is 8. The summed E-state index contributed by atoms with van der Waals surface area (Å²) in [6.07, 6.45) is 7.42. The molecule has 112 valence electrons. The van der Waals surface area contributed by atoms with E-state index in [9.17, 15) is 0 Å². The molecule has 0 bridgehead atoms. The van der Waals surface area contributed by atoms with Crippen LogP contribution in [0.4, 0.5) is 11.4 Å². The van der Waals surface area contributed by atoms with Gasteiger partial charge in [0.15, 0.2) is 0 Å². The third-order valence-corrected chi connectivity index (χ3v) is 3.83. The minimum atomic E-state index is 1.16. The Balaban J connectivity index is 1.91. The summed E-state index contributed by atoms with van der Waals surface area (Å²) in [5.74, 6) is 0. The lowest BCUT2D eigenvalue weighted by Gasteiger charge is -2.08. The molecule has 0 saturated carbocycles. The lowest BCUT2D eigenvalue weighted by molar-refractivity contribution is 0.795. The van der Waals surface area contributed by atoms with Gasteiger partial charge in [0.2, 0.25) is 0 Å². The van der Waals surface area contributed by atoms with Crippen LogP contribution < -0.4 is 5.32 Å². The van der Waals surface area contributed by atoms with Crippen molar-refractivity contribution in [2.45, 2.75) is 52.4 Å². The number of benzene rings is 2. The summed E-state index contributed by atoms with van der Waals surface area (Å²) in [4.78, 5) is 0. The number of anilines is 2. The molecule has 0 aliphatic heterocycles. The van der Waals surface area contributed by atoms with Gasteiger partial charge in [-0.05, 0) is 61.1 Å². The monoisotopic (exact) mass is 281 g/mol. The molecule has 21 heavy (non-hydrogen) atoms. The number of hydrogen-bond donors (Lipinski definition) is 1. The second-order valence-corrected chi connectivity index (χ2v) is 5.73. The number of hydrogen-bond acceptors (Lipinski definition) is 1. The van der Waals surface area contributed by atoms with Gasteiger partial charge in [-0.25, -0.2) is 0 Å². The molecule has 2 rings (SSSR count). The van der Waals surface area contributed by atoms with Gasteiger partial charge in [0.05, 0.1) is 0 Å². The Morgan fingerprint density at radius 1 is 0.619 bits per heavy atom. The highest BCUT2D eigenvalue weighted by atomic mass is 14.9. The maximum Gasteiger partial charge on any atom is 0.0384 e. The average Bonchev–Trinajstić information content (AvgIpc) is 2.53. The highest BCUT2D eigenvalue weighted by molar-refractivity contribution is 5.60. The second kappa shape index (κ2) is 8.51. The standard InChI is InChI=1S/C20H27N/c1-3-5-7-17-9-13-19(14-10-17)21-20-15-11-18(12-16-20)8-6-4-2/h9-16,21H,3-8H2,1-2H3. The molecule has 1 nitrogen and oxygen atoms in total. The molecule has 0 aliphatic carbocycles. The van der Waals surface area contributed by atoms with E-state index in [-0.39, 0.29) is 0 Å². The van der Waals surface area contributed by atoms with E-state index >= 15 is 0 Å². The molecule has 1 N–H and O–H groups in total. The van der Waals surface area contributed by atoms with Crippen molar-refractivity contribution in [3.8, 4) is 0 Å². The van der Waals surface area contributed by atoms with Gasteiger partial charge < -0.3 is 5.32 Å². The van der Waals surface area contributed by atoms with Gasteiger partial charge in [0.25, 0.3) is 0 Å². The van der Waals surface area contributed by atoms with E-state index in [1.165, 1.54) is 49.7 Å². The Morgan fingerprint density at radius 2 is 1.00 bits per heavy atom. The van der Waals surface area contributed by atoms with Crippen molar-refractivity contribution in [3.63, 3.8) is 0 Å². The molecule has 0 spiro atoms. The van der Waals surface area contributed by atoms with Crippen LogP contribution in [0, 0.1) is 0 Å². The van der Waals surface area contributed by atoms with Crippen LogP contribution in [0.2, 0.25) is 0 Å². The van der Waals surface area contributed by atoms with E-state index in [1.807, 2.05) is 0 Å². The normalized spacial score (nSPS) is 10.6. The van der Waals surface area contributed by atoms with Crippen LogP contribution in [0.3, 0.4) is 0 Å². The molecule has 0 aromatic heterocycles. The molecular formula is C20H27N. The third kappa shape index (κ3) is 5.26. The maximum absolute atomic E-state index is 3.47. The molecule has 2 aromatic carbocycles. The molecule has 1 heteroatoms. The first kappa shape index (κ1) is 15.6. The van der Waals surface area contributed by atoms with Crippen LogP contribution in [-0.2, 0) is 12.8 Å². The molecule has 0 atom stereocenters. The third-order valence-electron chi connectivity index (χ3n) is 3.83. The van der Waals surface area contributed by atoms with Crippen molar-refractivity contribution >= 4 is 11.4 Å². The lowest BCUT2D eigenvalue weighted by Crippen LogP contribution is -1.92. The fourth-order valence-corrected chi connectivity index (χ4v) is 2.44. The minimum Gasteiger partial charge on any atom is -0.356 e. The molecule has 0 aliphatic rings. The van der Waals surface area contributed by atoms with Crippen LogP contribution in [0.15, 0.2) is 48.5 Å². The van der Waals surface area contributed by atoms with Crippen molar-refractivity contribution in [1.29, 1.82) is 0 Å². The molecule has 0 fully saturated rings. The predicted molar refractivity (Wildman–Crippen MR) is 93.4 cm³/mol. The molecule has 0 heterocycles. The van der Waals surface area contributed by atoms with Gasteiger partial charge in [-0.3, -0.25) is 0 Å². The van der Waals surface area contributed by atoms with Crippen LogP contribution >= 0.6 is 0 Å². The first-order chi connectivity index (χ1) is 10.3. The summed E-state index contributed by atoms with van der Waals surface area (Å²) in [6, 6.07) is 17.6. The first-order valence-electron chi connectivity index (χ1n) is 8.26. The van der Waals surface area contributed by atoms with Crippen LogP contribution in [0.1, 0.15) is 50.7 Å². The maximum atomic E-state index is 3.47. The topological polar surface area (TPSA) is 12.0 Å². The Hall–Kier alpha value is -1.76. The number of unbranched alkanes of at least 4 members (excludes halogenated alkanes) is 2. The van der Waals surface area contributed by atoms with E-state index in [0.29, 0.717) is 0 Å². The van der Waals surface area contributed by atoms with Crippen molar-refractivity contribution < 1.29 is 0 Å². The van der Waals surface area contributed by atoms with Crippen molar-refractivity contribution in [2.75, 3.05) is 5.32 Å². The SMILES string of the molecule is CCCCc1ccc(Nc2ccc(CCCC)cc2)cc1. The van der Waals surface area contributed by atoms with E-state index < -0.39 is 0 Å². The van der Waals surface area contributed by atoms with Crippen molar-refractivity contribution in [1.82, 2.24) is 0 Å². The van der Waals surface area contributed by atoms with Gasteiger partial charge in [0, 0.05) is 11.4 Å². The second-order valence-electron chi connectivity index (χ2n) is 5.73. The summed E-state index contributed by atoms with van der Waals surface area (Å²) >= 11 is 0. The molecular weight excluding hydrogens is 254 g/mol. The van der Waals surface area contributed by atoms with E-state index in [2.05, 4.69) is 67.7 Å². The highest BCUT2D eigenvalue weighted by Gasteiger charge is 1.97. The Morgan fingerprint density at radius 3 is 1.33 bits per heavy atom. The van der Waals surface area contributed by atoms with Crippen LogP contribution in [-0.4, -0.2) is 0 Å². The molecule has 0 radical (unpaired) electrons. The molecule has 2 aromatic rings.